The fourth-order valence-electron chi connectivity index (χ4n) is 2.58. The molecule has 1 aromatic heterocycles. The molecule has 0 atom stereocenters. The first-order valence-corrected chi connectivity index (χ1v) is 7.23. The molecule has 0 radical (unpaired) electrons. The van der Waals surface area contributed by atoms with Crippen molar-refractivity contribution >= 4 is 51.3 Å². The van der Waals surface area contributed by atoms with Gasteiger partial charge in [-0.25, -0.2) is 4.99 Å². The van der Waals surface area contributed by atoms with E-state index in [2.05, 4.69) is 9.98 Å². The standard InChI is InChI=1S/C16H8Cl2N2O2/c17-7-1-3-9-11(5-7)19-13(15(9)21)14-16(22)10-4-2-8(18)6-12(10)20-14/h1-6,19,21H. The van der Waals surface area contributed by atoms with Gasteiger partial charge in [0.25, 0.3) is 0 Å². The van der Waals surface area contributed by atoms with Crippen LogP contribution in [0.3, 0.4) is 0 Å². The van der Waals surface area contributed by atoms with Crippen LogP contribution in [0.25, 0.3) is 10.9 Å². The summed E-state index contributed by atoms with van der Waals surface area (Å²) in [5.74, 6) is -0.266. The number of hydrogen-bond donors (Lipinski definition) is 2. The summed E-state index contributed by atoms with van der Waals surface area (Å²) in [6.07, 6.45) is 0. The van der Waals surface area contributed by atoms with Crippen molar-refractivity contribution in [3.63, 3.8) is 0 Å². The van der Waals surface area contributed by atoms with Gasteiger partial charge in [-0.1, -0.05) is 23.2 Å². The van der Waals surface area contributed by atoms with Crippen molar-refractivity contribution in [1.82, 2.24) is 4.98 Å². The van der Waals surface area contributed by atoms with Crippen LogP contribution < -0.4 is 0 Å². The number of Topliss-reactive ketones (excluding diaryl/α,β-unsaturated/α-hetero) is 1. The van der Waals surface area contributed by atoms with E-state index in [-0.39, 0.29) is 22.9 Å². The van der Waals surface area contributed by atoms with Gasteiger partial charge in [-0.15, -0.1) is 0 Å². The molecule has 22 heavy (non-hydrogen) atoms. The number of rotatable bonds is 1. The zero-order chi connectivity index (χ0) is 15.4. The number of fused-ring (bicyclic) bond motifs is 2. The van der Waals surface area contributed by atoms with E-state index in [0.717, 1.165) is 0 Å². The Hall–Kier alpha value is -2.30. The quantitative estimate of drug-likeness (QED) is 0.690. The Labute approximate surface area is 135 Å². The van der Waals surface area contributed by atoms with E-state index in [0.29, 0.717) is 32.2 Å². The second-order valence-electron chi connectivity index (χ2n) is 4.99. The zero-order valence-electron chi connectivity index (χ0n) is 11.0. The summed E-state index contributed by atoms with van der Waals surface area (Å²) in [6, 6.07) is 9.95. The number of carbonyl (C=O) groups excluding carboxylic acids is 1. The molecule has 0 unspecified atom stereocenters. The fourth-order valence-corrected chi connectivity index (χ4v) is 2.92. The summed E-state index contributed by atoms with van der Waals surface area (Å²) in [5, 5.41) is 12.0. The van der Waals surface area contributed by atoms with E-state index < -0.39 is 0 Å². The molecule has 1 aliphatic heterocycles. The molecule has 0 amide bonds. The third-order valence-corrected chi connectivity index (χ3v) is 4.09. The van der Waals surface area contributed by atoms with Crippen LogP contribution in [0.2, 0.25) is 10.0 Å². The Morgan fingerprint density at radius 2 is 1.77 bits per heavy atom. The largest absolute Gasteiger partial charge is 0.505 e. The van der Waals surface area contributed by atoms with Crippen molar-refractivity contribution in [2.45, 2.75) is 0 Å². The van der Waals surface area contributed by atoms with E-state index >= 15 is 0 Å². The number of aromatic hydroxyl groups is 1. The molecule has 2 N–H and O–H groups in total. The van der Waals surface area contributed by atoms with Crippen LogP contribution in [0.4, 0.5) is 5.69 Å². The van der Waals surface area contributed by atoms with E-state index in [4.69, 9.17) is 23.2 Å². The van der Waals surface area contributed by atoms with E-state index in [1.165, 1.54) is 0 Å². The van der Waals surface area contributed by atoms with Crippen LogP contribution in [0, 0.1) is 0 Å². The SMILES string of the molecule is O=C1C(c2[nH]c3cc(Cl)ccc3c2O)=Nc2cc(Cl)ccc21. The Morgan fingerprint density at radius 3 is 2.59 bits per heavy atom. The van der Waals surface area contributed by atoms with Crippen LogP contribution in [-0.2, 0) is 0 Å². The van der Waals surface area contributed by atoms with E-state index in [1.54, 1.807) is 36.4 Å². The van der Waals surface area contributed by atoms with Gasteiger partial charge >= 0.3 is 0 Å². The molecule has 108 valence electrons. The van der Waals surface area contributed by atoms with Crippen molar-refractivity contribution in [3.8, 4) is 5.75 Å². The van der Waals surface area contributed by atoms with Crippen molar-refractivity contribution in [1.29, 1.82) is 0 Å². The van der Waals surface area contributed by atoms with Crippen LogP contribution in [0.1, 0.15) is 16.1 Å². The highest BCUT2D eigenvalue weighted by Crippen LogP contribution is 2.36. The Kier molecular flexibility index (Phi) is 2.79. The van der Waals surface area contributed by atoms with Crippen LogP contribution >= 0.6 is 23.2 Å². The third kappa shape index (κ3) is 1.85. The highest BCUT2D eigenvalue weighted by atomic mass is 35.5. The molecule has 4 nitrogen and oxygen atoms in total. The van der Waals surface area contributed by atoms with Crippen molar-refractivity contribution in [2.24, 2.45) is 4.99 Å². The molecule has 4 rings (SSSR count). The first-order valence-electron chi connectivity index (χ1n) is 6.48. The first kappa shape index (κ1) is 13.4. The molecule has 1 aliphatic rings. The van der Waals surface area contributed by atoms with Gasteiger partial charge < -0.3 is 10.1 Å². The molecular weight excluding hydrogens is 323 g/mol. The molecule has 0 fully saturated rings. The number of aromatic amines is 1. The lowest BCUT2D eigenvalue weighted by molar-refractivity contribution is 0.107. The third-order valence-electron chi connectivity index (χ3n) is 3.62. The minimum atomic E-state index is -0.250. The van der Waals surface area contributed by atoms with Crippen LogP contribution in [0.15, 0.2) is 41.4 Å². The summed E-state index contributed by atoms with van der Waals surface area (Å²) < 4.78 is 0. The topological polar surface area (TPSA) is 65.5 Å². The number of hydrogen-bond acceptors (Lipinski definition) is 3. The summed E-state index contributed by atoms with van der Waals surface area (Å²) in [6.45, 7) is 0. The predicted molar refractivity (Wildman–Crippen MR) is 87.0 cm³/mol. The first-order chi connectivity index (χ1) is 10.5. The molecule has 0 bridgehead atoms. The normalized spacial score (nSPS) is 13.5. The maximum atomic E-state index is 12.5. The van der Waals surface area contributed by atoms with Gasteiger partial charge in [0.05, 0.1) is 16.8 Å². The number of aromatic nitrogens is 1. The summed E-state index contributed by atoms with van der Waals surface area (Å²) >= 11 is 11.9. The fraction of sp³-hybridized carbons (Fsp3) is 0. The highest BCUT2D eigenvalue weighted by molar-refractivity contribution is 6.55. The summed E-state index contributed by atoms with van der Waals surface area (Å²) in [5.41, 5.74) is 2.07. The lowest BCUT2D eigenvalue weighted by atomic mass is 10.1. The van der Waals surface area contributed by atoms with Crippen LogP contribution in [0.5, 0.6) is 5.75 Å². The van der Waals surface area contributed by atoms with Crippen molar-refractivity contribution < 1.29 is 9.90 Å². The number of H-pyrrole nitrogens is 1. The Morgan fingerprint density at radius 1 is 1.05 bits per heavy atom. The number of benzene rings is 2. The van der Waals surface area contributed by atoms with Gasteiger partial charge in [0.15, 0.2) is 5.75 Å². The van der Waals surface area contributed by atoms with Gasteiger partial charge in [0.1, 0.15) is 11.4 Å². The number of nitrogens with zero attached hydrogens (tertiary/aromatic N) is 1. The van der Waals surface area contributed by atoms with Crippen molar-refractivity contribution in [3.05, 3.63) is 57.7 Å². The molecule has 0 saturated carbocycles. The minimum Gasteiger partial charge on any atom is -0.505 e. The highest BCUT2D eigenvalue weighted by Gasteiger charge is 2.29. The van der Waals surface area contributed by atoms with Crippen molar-refractivity contribution in [2.75, 3.05) is 0 Å². The minimum absolute atomic E-state index is 0.0160. The monoisotopic (exact) mass is 330 g/mol. The second kappa shape index (κ2) is 4.60. The molecule has 3 aromatic rings. The summed E-state index contributed by atoms with van der Waals surface area (Å²) in [7, 11) is 0. The van der Waals surface area contributed by atoms with Gasteiger partial charge in [-0.05, 0) is 36.4 Å². The van der Waals surface area contributed by atoms with Gasteiger partial charge in [-0.2, -0.15) is 0 Å². The maximum absolute atomic E-state index is 12.5. The number of nitrogens with one attached hydrogen (secondary N) is 1. The van der Waals surface area contributed by atoms with E-state index in [1.807, 2.05) is 0 Å². The van der Waals surface area contributed by atoms with Gasteiger partial charge in [0, 0.05) is 15.4 Å². The Balaban J connectivity index is 1.92. The molecule has 0 saturated heterocycles. The Bertz CT molecular complexity index is 989. The average Bonchev–Trinajstić information content (AvgIpc) is 2.96. The molecule has 0 aliphatic carbocycles. The maximum Gasteiger partial charge on any atom is 0.215 e. The lowest BCUT2D eigenvalue weighted by Gasteiger charge is -1.97. The molecule has 0 spiro atoms. The number of aliphatic imine (C=N–C) groups is 1. The zero-order valence-corrected chi connectivity index (χ0v) is 12.5. The van der Waals surface area contributed by atoms with Crippen LogP contribution in [-0.4, -0.2) is 21.6 Å². The van der Waals surface area contributed by atoms with Gasteiger partial charge in [0.2, 0.25) is 5.78 Å². The number of halogens is 2. The average molecular weight is 331 g/mol. The predicted octanol–water partition coefficient (Wildman–Crippen LogP) is 4.50. The molecule has 2 heterocycles. The molecular formula is C16H8Cl2N2O2. The van der Waals surface area contributed by atoms with E-state index in [9.17, 15) is 9.90 Å². The smallest absolute Gasteiger partial charge is 0.215 e. The molecule has 6 heteroatoms. The lowest BCUT2D eigenvalue weighted by Crippen LogP contribution is -2.11. The number of ketones is 1. The number of carbonyl (C=O) groups is 1. The van der Waals surface area contributed by atoms with Gasteiger partial charge in [-0.3, -0.25) is 4.79 Å². The molecule has 2 aromatic carbocycles. The second-order valence-corrected chi connectivity index (χ2v) is 5.86. The summed E-state index contributed by atoms with van der Waals surface area (Å²) in [4.78, 5) is 19.8.